The first kappa shape index (κ1) is 15.1. The van der Waals surface area contributed by atoms with E-state index in [1.807, 2.05) is 13.0 Å². The van der Waals surface area contributed by atoms with Crippen LogP contribution in [0, 0.1) is 18.8 Å². The van der Waals surface area contributed by atoms with Crippen molar-refractivity contribution in [2.24, 2.45) is 18.9 Å². The predicted octanol–water partition coefficient (Wildman–Crippen LogP) is 3.21. The summed E-state index contributed by atoms with van der Waals surface area (Å²) in [6.07, 6.45) is -2.86. The van der Waals surface area contributed by atoms with E-state index in [9.17, 15) is 18.0 Å². The van der Waals surface area contributed by atoms with Gasteiger partial charge in [0.05, 0.1) is 11.6 Å². The molecule has 0 spiro atoms. The number of alkyl halides is 3. The minimum atomic E-state index is -4.18. The zero-order chi connectivity index (χ0) is 14.9. The molecule has 1 fully saturated rings. The largest absolute Gasteiger partial charge is 0.391 e. The standard InChI is InChI=1S/C14H19F3N2O/c1-9-6-12(19(2)18-9)8-13(20)10-4-3-5-11(7-10)14(15,16)17/h6,10-11H,3-5,7-8H2,1-2H3. The Morgan fingerprint density at radius 2 is 2.15 bits per heavy atom. The number of carbonyl (C=O) groups excluding carboxylic acids is 1. The highest BCUT2D eigenvalue weighted by atomic mass is 19.4. The van der Waals surface area contributed by atoms with Crippen LogP contribution in [0.3, 0.4) is 0 Å². The lowest BCUT2D eigenvalue weighted by atomic mass is 9.78. The second-order valence-corrected chi connectivity index (χ2v) is 5.65. The highest BCUT2D eigenvalue weighted by Gasteiger charge is 2.43. The Hall–Kier alpha value is -1.33. The summed E-state index contributed by atoms with van der Waals surface area (Å²) in [6, 6.07) is 1.81. The van der Waals surface area contributed by atoms with E-state index >= 15 is 0 Å². The number of rotatable bonds is 3. The molecule has 0 N–H and O–H groups in total. The SMILES string of the molecule is Cc1cc(CC(=O)C2CCCC(C(F)(F)F)C2)n(C)n1. The summed E-state index contributed by atoms with van der Waals surface area (Å²) < 4.78 is 39.9. The molecule has 0 bridgehead atoms. The Morgan fingerprint density at radius 1 is 1.45 bits per heavy atom. The average molecular weight is 288 g/mol. The van der Waals surface area contributed by atoms with Gasteiger partial charge in [0.2, 0.25) is 0 Å². The molecule has 112 valence electrons. The highest BCUT2D eigenvalue weighted by molar-refractivity contribution is 5.83. The Bertz CT molecular complexity index is 493. The van der Waals surface area contributed by atoms with Crippen LogP contribution in [-0.4, -0.2) is 21.7 Å². The number of carbonyl (C=O) groups is 1. The van der Waals surface area contributed by atoms with Gasteiger partial charge in [0.25, 0.3) is 0 Å². The fraction of sp³-hybridized carbons (Fsp3) is 0.714. The molecule has 1 heterocycles. The van der Waals surface area contributed by atoms with Gasteiger partial charge in [-0.3, -0.25) is 9.48 Å². The first-order valence-electron chi connectivity index (χ1n) is 6.86. The van der Waals surface area contributed by atoms with Gasteiger partial charge in [-0.05, 0) is 32.3 Å². The van der Waals surface area contributed by atoms with E-state index in [0.29, 0.717) is 12.8 Å². The van der Waals surface area contributed by atoms with Crippen LogP contribution in [0.4, 0.5) is 13.2 Å². The fourth-order valence-electron chi connectivity index (χ4n) is 2.93. The molecule has 0 radical (unpaired) electrons. The molecule has 1 aromatic heterocycles. The lowest BCUT2D eigenvalue weighted by molar-refractivity contribution is -0.186. The second kappa shape index (κ2) is 5.58. The monoisotopic (exact) mass is 288 g/mol. The van der Waals surface area contributed by atoms with Crippen LogP contribution in [0.1, 0.15) is 37.1 Å². The summed E-state index contributed by atoms with van der Waals surface area (Å²) in [6.45, 7) is 1.83. The van der Waals surface area contributed by atoms with Crippen LogP contribution < -0.4 is 0 Å². The Morgan fingerprint density at radius 3 is 2.70 bits per heavy atom. The number of aromatic nitrogens is 2. The third kappa shape index (κ3) is 3.41. The van der Waals surface area contributed by atoms with Gasteiger partial charge >= 0.3 is 6.18 Å². The maximum absolute atomic E-state index is 12.7. The first-order valence-corrected chi connectivity index (χ1v) is 6.86. The Balaban J connectivity index is 2.00. The molecule has 1 aliphatic rings. The van der Waals surface area contributed by atoms with E-state index in [-0.39, 0.29) is 25.0 Å². The number of hydrogen-bond acceptors (Lipinski definition) is 2. The molecule has 20 heavy (non-hydrogen) atoms. The lowest BCUT2D eigenvalue weighted by Gasteiger charge is -2.29. The van der Waals surface area contributed by atoms with Gasteiger partial charge < -0.3 is 0 Å². The highest BCUT2D eigenvalue weighted by Crippen LogP contribution is 2.40. The van der Waals surface area contributed by atoms with E-state index in [4.69, 9.17) is 0 Å². The van der Waals surface area contributed by atoms with Gasteiger partial charge in [-0.1, -0.05) is 6.42 Å². The number of hydrogen-bond donors (Lipinski definition) is 0. The molecule has 1 saturated carbocycles. The van der Waals surface area contributed by atoms with Gasteiger partial charge in [0.1, 0.15) is 5.78 Å². The van der Waals surface area contributed by atoms with Crippen molar-refractivity contribution in [3.63, 3.8) is 0 Å². The van der Waals surface area contributed by atoms with Crippen LogP contribution in [0.5, 0.6) is 0 Å². The topological polar surface area (TPSA) is 34.9 Å². The van der Waals surface area contributed by atoms with Gasteiger partial charge in [-0.2, -0.15) is 18.3 Å². The zero-order valence-electron chi connectivity index (χ0n) is 11.7. The van der Waals surface area contributed by atoms with Crippen molar-refractivity contribution in [2.45, 2.75) is 45.2 Å². The molecule has 2 atom stereocenters. The zero-order valence-corrected chi connectivity index (χ0v) is 11.7. The van der Waals surface area contributed by atoms with Crippen LogP contribution in [-0.2, 0) is 18.3 Å². The number of Topliss-reactive ketones (excluding diaryl/α,β-unsaturated/α-hetero) is 1. The van der Waals surface area contributed by atoms with Gasteiger partial charge in [0, 0.05) is 25.1 Å². The van der Waals surface area contributed by atoms with E-state index in [0.717, 1.165) is 11.4 Å². The Kier molecular flexibility index (Phi) is 4.20. The van der Waals surface area contributed by atoms with Crippen molar-refractivity contribution >= 4 is 5.78 Å². The van der Waals surface area contributed by atoms with Crippen LogP contribution >= 0.6 is 0 Å². The van der Waals surface area contributed by atoms with Gasteiger partial charge in [-0.25, -0.2) is 0 Å². The molecule has 6 heteroatoms. The summed E-state index contributed by atoms with van der Waals surface area (Å²) in [5.74, 6) is -1.88. The minimum Gasteiger partial charge on any atom is -0.299 e. The molecule has 2 unspecified atom stereocenters. The normalized spacial score (nSPS) is 23.9. The van der Waals surface area contributed by atoms with E-state index in [1.165, 1.54) is 0 Å². The smallest absolute Gasteiger partial charge is 0.299 e. The molecule has 0 aliphatic heterocycles. The lowest BCUT2D eigenvalue weighted by Crippen LogP contribution is -2.32. The summed E-state index contributed by atoms with van der Waals surface area (Å²) in [4.78, 5) is 12.2. The number of halogens is 3. The predicted molar refractivity (Wildman–Crippen MR) is 68.2 cm³/mol. The molecule has 1 aliphatic carbocycles. The summed E-state index contributed by atoms with van der Waals surface area (Å²) >= 11 is 0. The van der Waals surface area contributed by atoms with Crippen LogP contribution in [0.2, 0.25) is 0 Å². The summed E-state index contributed by atoms with van der Waals surface area (Å²) in [5, 5.41) is 4.15. The molecule has 1 aromatic rings. The molecule has 0 aromatic carbocycles. The minimum absolute atomic E-state index is 0.0564. The van der Waals surface area contributed by atoms with Crippen molar-refractivity contribution in [1.29, 1.82) is 0 Å². The molecule has 0 saturated heterocycles. The van der Waals surface area contributed by atoms with Crippen molar-refractivity contribution in [3.05, 3.63) is 17.5 Å². The van der Waals surface area contributed by atoms with Crippen LogP contribution in [0.25, 0.3) is 0 Å². The average Bonchev–Trinajstić information content (AvgIpc) is 2.67. The van der Waals surface area contributed by atoms with E-state index < -0.39 is 18.0 Å². The summed E-state index contributed by atoms with van der Waals surface area (Å²) in [7, 11) is 1.75. The van der Waals surface area contributed by atoms with Crippen molar-refractivity contribution < 1.29 is 18.0 Å². The quantitative estimate of drug-likeness (QED) is 0.856. The van der Waals surface area contributed by atoms with Gasteiger partial charge in [0.15, 0.2) is 0 Å². The van der Waals surface area contributed by atoms with Crippen molar-refractivity contribution in [1.82, 2.24) is 9.78 Å². The second-order valence-electron chi connectivity index (χ2n) is 5.65. The third-order valence-corrected chi connectivity index (χ3v) is 4.05. The summed E-state index contributed by atoms with van der Waals surface area (Å²) in [5.41, 5.74) is 1.58. The molecule has 3 nitrogen and oxygen atoms in total. The van der Waals surface area contributed by atoms with E-state index in [1.54, 1.807) is 11.7 Å². The first-order chi connectivity index (χ1) is 9.27. The van der Waals surface area contributed by atoms with Gasteiger partial charge in [-0.15, -0.1) is 0 Å². The fourth-order valence-corrected chi connectivity index (χ4v) is 2.93. The van der Waals surface area contributed by atoms with Crippen LogP contribution in [0.15, 0.2) is 6.07 Å². The molecular formula is C14H19F3N2O. The number of ketones is 1. The molecule has 0 amide bonds. The number of aryl methyl sites for hydroxylation is 2. The molecular weight excluding hydrogens is 269 g/mol. The maximum Gasteiger partial charge on any atom is 0.391 e. The van der Waals surface area contributed by atoms with E-state index in [2.05, 4.69) is 5.10 Å². The third-order valence-electron chi connectivity index (χ3n) is 4.05. The number of nitrogens with zero attached hydrogens (tertiary/aromatic N) is 2. The Labute approximate surface area is 116 Å². The maximum atomic E-state index is 12.7. The van der Waals surface area contributed by atoms with Crippen molar-refractivity contribution in [3.8, 4) is 0 Å². The molecule has 2 rings (SSSR count). The van der Waals surface area contributed by atoms with Crippen molar-refractivity contribution in [2.75, 3.05) is 0 Å².